The number of carbonyl (C=O) groups excluding carboxylic acids is 1. The van der Waals surface area contributed by atoms with E-state index in [4.69, 9.17) is 9.15 Å². The van der Waals surface area contributed by atoms with Crippen LogP contribution >= 0.6 is 0 Å². The fourth-order valence-electron chi connectivity index (χ4n) is 1.26. The number of hydrogen-bond donors (Lipinski definition) is 1. The summed E-state index contributed by atoms with van der Waals surface area (Å²) in [7, 11) is 0. The summed E-state index contributed by atoms with van der Waals surface area (Å²) in [6.07, 6.45) is 1.50. The first-order valence-electron chi connectivity index (χ1n) is 4.75. The zero-order valence-corrected chi connectivity index (χ0v) is 8.42. The molecule has 0 aliphatic carbocycles. The number of carbonyl (C=O) groups is 1. The van der Waals surface area contributed by atoms with E-state index < -0.39 is 5.97 Å². The van der Waals surface area contributed by atoms with E-state index in [1.165, 1.54) is 18.4 Å². The monoisotopic (exact) mass is 218 g/mol. The second-order valence-electron chi connectivity index (χ2n) is 3.17. The first-order chi connectivity index (χ1) is 7.77. The van der Waals surface area contributed by atoms with Crippen molar-refractivity contribution in [1.29, 1.82) is 0 Å². The Hall–Kier alpha value is -2.23. The molecule has 1 heterocycles. The topological polar surface area (TPSA) is 59.7 Å². The summed E-state index contributed by atoms with van der Waals surface area (Å²) in [5.41, 5.74) is 0.147. The summed E-state index contributed by atoms with van der Waals surface area (Å²) in [5, 5.41) is 9.41. The van der Waals surface area contributed by atoms with Gasteiger partial charge in [-0.25, -0.2) is 4.79 Å². The summed E-state index contributed by atoms with van der Waals surface area (Å²) in [4.78, 5) is 11.5. The number of esters is 1. The number of hydrogen-bond acceptors (Lipinski definition) is 4. The standard InChI is InChI=1S/C12H10O4/c13-11-6-2-1-5-10(11)12(14)16-8-9-4-3-7-15-9/h1-7,13H,8H2. The van der Waals surface area contributed by atoms with E-state index >= 15 is 0 Å². The number of ether oxygens (including phenoxy) is 1. The number of phenols is 1. The van der Waals surface area contributed by atoms with Crippen molar-refractivity contribution in [3.63, 3.8) is 0 Å². The quantitative estimate of drug-likeness (QED) is 0.803. The van der Waals surface area contributed by atoms with Gasteiger partial charge in [0, 0.05) is 0 Å². The minimum absolute atomic E-state index is 0.0557. The van der Waals surface area contributed by atoms with Gasteiger partial charge in [-0.05, 0) is 24.3 Å². The molecule has 0 unspecified atom stereocenters. The van der Waals surface area contributed by atoms with Gasteiger partial charge in [-0.15, -0.1) is 0 Å². The van der Waals surface area contributed by atoms with Gasteiger partial charge in [-0.2, -0.15) is 0 Å². The summed E-state index contributed by atoms with van der Waals surface area (Å²) in [6.45, 7) is 0.0557. The molecule has 0 aliphatic heterocycles. The second kappa shape index (κ2) is 4.53. The fraction of sp³-hybridized carbons (Fsp3) is 0.0833. The lowest BCUT2D eigenvalue weighted by Gasteiger charge is -2.04. The molecule has 16 heavy (non-hydrogen) atoms. The van der Waals surface area contributed by atoms with Crippen molar-refractivity contribution in [2.75, 3.05) is 0 Å². The second-order valence-corrected chi connectivity index (χ2v) is 3.17. The third-order valence-electron chi connectivity index (χ3n) is 2.05. The minimum atomic E-state index is -0.575. The Kier molecular flexibility index (Phi) is 2.91. The molecule has 2 rings (SSSR count). The third-order valence-corrected chi connectivity index (χ3v) is 2.05. The maximum absolute atomic E-state index is 11.5. The van der Waals surface area contributed by atoms with Gasteiger partial charge in [0.15, 0.2) is 0 Å². The lowest BCUT2D eigenvalue weighted by Crippen LogP contribution is -2.04. The zero-order chi connectivity index (χ0) is 11.4. The molecule has 0 atom stereocenters. The Bertz CT molecular complexity index is 474. The molecule has 0 saturated carbocycles. The molecule has 1 N–H and O–H groups in total. The van der Waals surface area contributed by atoms with E-state index in [0.717, 1.165) is 0 Å². The van der Waals surface area contributed by atoms with Crippen molar-refractivity contribution in [3.05, 3.63) is 54.0 Å². The van der Waals surface area contributed by atoms with E-state index in [2.05, 4.69) is 0 Å². The predicted molar refractivity (Wildman–Crippen MR) is 55.9 cm³/mol. The number of furan rings is 1. The largest absolute Gasteiger partial charge is 0.507 e. The van der Waals surface area contributed by atoms with E-state index in [9.17, 15) is 9.90 Å². The molecule has 1 aromatic heterocycles. The van der Waals surface area contributed by atoms with Crippen LogP contribution in [0.3, 0.4) is 0 Å². The molecule has 0 aliphatic rings. The number of benzene rings is 1. The third kappa shape index (κ3) is 2.23. The van der Waals surface area contributed by atoms with Gasteiger partial charge < -0.3 is 14.3 Å². The molecular weight excluding hydrogens is 208 g/mol. The summed E-state index contributed by atoms with van der Waals surface area (Å²) in [5.74, 6) is -0.106. The van der Waals surface area contributed by atoms with Crippen LogP contribution in [0.4, 0.5) is 0 Å². The SMILES string of the molecule is O=C(OCc1ccco1)c1ccccc1O. The molecule has 4 heteroatoms. The van der Waals surface area contributed by atoms with Gasteiger partial charge in [0.2, 0.25) is 0 Å². The van der Waals surface area contributed by atoms with Crippen LogP contribution in [0.1, 0.15) is 16.1 Å². The maximum Gasteiger partial charge on any atom is 0.342 e. The molecule has 4 nitrogen and oxygen atoms in total. The molecule has 0 amide bonds. The van der Waals surface area contributed by atoms with Gasteiger partial charge >= 0.3 is 5.97 Å². The molecule has 0 fully saturated rings. The first kappa shape index (κ1) is 10.3. The van der Waals surface area contributed by atoms with Crippen molar-refractivity contribution in [2.24, 2.45) is 0 Å². The molecule has 0 bridgehead atoms. The van der Waals surface area contributed by atoms with Crippen LogP contribution in [0.25, 0.3) is 0 Å². The summed E-state index contributed by atoms with van der Waals surface area (Å²) in [6, 6.07) is 9.65. The molecule has 0 saturated heterocycles. The number of phenolic OH excluding ortho intramolecular Hbond substituents is 1. The molecule has 82 valence electrons. The van der Waals surface area contributed by atoms with Crippen LogP contribution in [0.15, 0.2) is 47.1 Å². The van der Waals surface area contributed by atoms with Gasteiger partial charge in [0.1, 0.15) is 23.7 Å². The number of rotatable bonds is 3. The zero-order valence-electron chi connectivity index (χ0n) is 8.42. The van der Waals surface area contributed by atoms with E-state index in [0.29, 0.717) is 5.76 Å². The Labute approximate surface area is 92.1 Å². The van der Waals surface area contributed by atoms with Crippen molar-refractivity contribution in [3.8, 4) is 5.75 Å². The highest BCUT2D eigenvalue weighted by molar-refractivity contribution is 5.92. The minimum Gasteiger partial charge on any atom is -0.507 e. The van der Waals surface area contributed by atoms with Crippen LogP contribution in [0.5, 0.6) is 5.75 Å². The van der Waals surface area contributed by atoms with Crippen molar-refractivity contribution in [2.45, 2.75) is 6.61 Å². The fourth-order valence-corrected chi connectivity index (χ4v) is 1.26. The molecular formula is C12H10O4. The van der Waals surface area contributed by atoms with Gasteiger partial charge in [0.05, 0.1) is 6.26 Å². The van der Waals surface area contributed by atoms with E-state index in [1.54, 1.807) is 24.3 Å². The summed E-state index contributed by atoms with van der Waals surface area (Å²) >= 11 is 0. The van der Waals surface area contributed by atoms with Crippen LogP contribution in [-0.4, -0.2) is 11.1 Å². The first-order valence-corrected chi connectivity index (χ1v) is 4.75. The Morgan fingerprint density at radius 2 is 2.06 bits per heavy atom. The van der Waals surface area contributed by atoms with Crippen LogP contribution in [-0.2, 0) is 11.3 Å². The highest BCUT2D eigenvalue weighted by atomic mass is 16.5. The van der Waals surface area contributed by atoms with Gasteiger partial charge in [-0.1, -0.05) is 12.1 Å². The van der Waals surface area contributed by atoms with Crippen molar-refractivity contribution in [1.82, 2.24) is 0 Å². The van der Waals surface area contributed by atoms with Crippen LogP contribution in [0.2, 0.25) is 0 Å². The molecule has 2 aromatic rings. The van der Waals surface area contributed by atoms with Crippen LogP contribution in [0, 0.1) is 0 Å². The Morgan fingerprint density at radius 1 is 1.25 bits per heavy atom. The van der Waals surface area contributed by atoms with Crippen molar-refractivity contribution < 1.29 is 19.1 Å². The molecule has 0 radical (unpaired) electrons. The smallest absolute Gasteiger partial charge is 0.342 e. The normalized spacial score (nSPS) is 10.0. The molecule has 1 aromatic carbocycles. The Balaban J connectivity index is 2.01. The number of para-hydroxylation sites is 1. The lowest BCUT2D eigenvalue weighted by atomic mass is 10.2. The van der Waals surface area contributed by atoms with E-state index in [1.807, 2.05) is 0 Å². The van der Waals surface area contributed by atoms with Crippen LogP contribution < -0.4 is 0 Å². The lowest BCUT2D eigenvalue weighted by molar-refractivity contribution is 0.0442. The highest BCUT2D eigenvalue weighted by Gasteiger charge is 2.11. The van der Waals surface area contributed by atoms with Gasteiger partial charge in [-0.3, -0.25) is 0 Å². The number of aromatic hydroxyl groups is 1. The van der Waals surface area contributed by atoms with Gasteiger partial charge in [0.25, 0.3) is 0 Å². The summed E-state index contributed by atoms with van der Waals surface area (Å²) < 4.78 is 9.97. The Morgan fingerprint density at radius 3 is 2.75 bits per heavy atom. The average Bonchev–Trinajstić information content (AvgIpc) is 2.79. The maximum atomic E-state index is 11.5. The van der Waals surface area contributed by atoms with Crippen molar-refractivity contribution >= 4 is 5.97 Å². The average molecular weight is 218 g/mol. The predicted octanol–water partition coefficient (Wildman–Crippen LogP) is 2.34. The molecule has 0 spiro atoms. The highest BCUT2D eigenvalue weighted by Crippen LogP contribution is 2.17. The van der Waals surface area contributed by atoms with E-state index in [-0.39, 0.29) is 17.9 Å².